The number of carbonyl (C=O) groups excluding carboxylic acids is 1. The smallest absolute Gasteiger partial charge is 0.155 e. The number of hydrogen-bond donors (Lipinski definition) is 2. The highest BCUT2D eigenvalue weighted by Crippen LogP contribution is 2.40. The van der Waals surface area contributed by atoms with Crippen molar-refractivity contribution < 1.29 is 15.0 Å². The number of allylic oxidation sites excluding steroid dienone is 1. The van der Waals surface area contributed by atoms with E-state index in [4.69, 9.17) is 10.2 Å². The summed E-state index contributed by atoms with van der Waals surface area (Å²) in [5.74, 6) is 5.77. The van der Waals surface area contributed by atoms with Crippen molar-refractivity contribution in [3.63, 3.8) is 0 Å². The lowest BCUT2D eigenvalue weighted by Gasteiger charge is -2.27. The van der Waals surface area contributed by atoms with Gasteiger partial charge in [0.15, 0.2) is 6.29 Å². The second-order valence-corrected chi connectivity index (χ2v) is 21.2. The summed E-state index contributed by atoms with van der Waals surface area (Å²) >= 11 is 0. The van der Waals surface area contributed by atoms with E-state index < -0.39 is 0 Å². The molecule has 8 fully saturated rings. The standard InChI is InChI=1S/C15H23NO.2C11H21N.C8H16.C5H11N.C5H10O2/c1-3-12(11-17)15-14-9-7-5-4-6-8-13(14)10-16(15)2;2*1-12-8-10-6-4-2-3-5-7-11(10)9-12;1-2-4-6-8-7-5-3-1;1-6-4-2-3-5-6;1-5(7)3-2-4-6/h11,13-15H,1,4-10H2,2H3;2*10-11H,2-9H2,1H3;1-8H2;2-5H2,1H3;6-7H,1-4H2. The van der Waals surface area contributed by atoms with Gasteiger partial charge in [0.2, 0.25) is 0 Å². The molecular weight excluding hydrogens is 765 g/mol. The van der Waals surface area contributed by atoms with Crippen LogP contribution in [0.1, 0.15) is 193 Å². The minimum absolute atomic E-state index is 0.125. The number of hydrogen-bond acceptors (Lipinski definition) is 7. The molecule has 0 aromatic heterocycles. The molecule has 7 unspecified atom stereocenters. The summed E-state index contributed by atoms with van der Waals surface area (Å²) in [4.78, 5) is 20.9. The third-order valence-corrected chi connectivity index (χ3v) is 15.8. The summed E-state index contributed by atoms with van der Waals surface area (Å²) in [6.07, 6.45) is 42.9. The van der Waals surface area contributed by atoms with Crippen LogP contribution >= 0.6 is 0 Å². The van der Waals surface area contributed by atoms with Gasteiger partial charge in [0.05, 0.1) is 11.3 Å². The van der Waals surface area contributed by atoms with Crippen molar-refractivity contribution in [2.75, 3.05) is 80.6 Å². The van der Waals surface area contributed by atoms with Crippen molar-refractivity contribution in [3.8, 4) is 0 Å². The molecule has 0 radical (unpaired) electrons. The molecule has 0 spiro atoms. The van der Waals surface area contributed by atoms with Gasteiger partial charge in [-0.15, -0.1) is 5.73 Å². The number of fused-ring (bicyclic) bond motifs is 3. The first kappa shape index (κ1) is 54.9. The lowest BCUT2D eigenvalue weighted by Crippen LogP contribution is -2.32. The number of aliphatic hydroxyl groups is 2. The third kappa shape index (κ3) is 22.6. The first-order valence-corrected chi connectivity index (χ1v) is 26.7. The average molecular weight is 867 g/mol. The summed E-state index contributed by atoms with van der Waals surface area (Å²) in [7, 11) is 8.87. The second-order valence-electron chi connectivity index (χ2n) is 21.2. The van der Waals surface area contributed by atoms with Crippen LogP contribution in [0.5, 0.6) is 0 Å². The number of likely N-dealkylation sites (N-methyl/N-ethyl adjacent to an activating group) is 1. The lowest BCUT2D eigenvalue weighted by atomic mass is 9.79. The van der Waals surface area contributed by atoms with Crippen LogP contribution in [0.4, 0.5) is 0 Å². The number of likely N-dealkylation sites (tertiary alicyclic amines) is 4. The van der Waals surface area contributed by atoms with Gasteiger partial charge in [-0.05, 0) is 135 Å². The molecule has 0 bridgehead atoms. The van der Waals surface area contributed by atoms with Crippen LogP contribution in [-0.2, 0) is 4.79 Å². The van der Waals surface area contributed by atoms with Gasteiger partial charge in [-0.2, -0.15) is 0 Å². The van der Waals surface area contributed by atoms with Crippen LogP contribution in [0, 0.1) is 35.5 Å². The quantitative estimate of drug-likeness (QED) is 0.123. The highest BCUT2D eigenvalue weighted by Gasteiger charge is 2.41. The zero-order chi connectivity index (χ0) is 44.8. The molecule has 360 valence electrons. The summed E-state index contributed by atoms with van der Waals surface area (Å²) in [6.45, 7) is 16.3. The molecule has 0 aromatic carbocycles. The Kier molecular flexibility index (Phi) is 30.0. The predicted molar refractivity (Wildman–Crippen MR) is 266 cm³/mol. The Labute approximate surface area is 384 Å². The van der Waals surface area contributed by atoms with Crippen molar-refractivity contribution in [1.29, 1.82) is 0 Å². The van der Waals surface area contributed by atoms with Crippen LogP contribution in [0.2, 0.25) is 0 Å². The number of nitrogens with zero attached hydrogens (tertiary/aromatic N) is 4. The van der Waals surface area contributed by atoms with Crippen molar-refractivity contribution in [3.05, 3.63) is 30.2 Å². The summed E-state index contributed by atoms with van der Waals surface area (Å²) < 4.78 is 0. The van der Waals surface area contributed by atoms with E-state index in [0.29, 0.717) is 18.8 Å². The topological polar surface area (TPSA) is 70.5 Å². The van der Waals surface area contributed by atoms with Crippen molar-refractivity contribution in [2.24, 2.45) is 35.5 Å². The highest BCUT2D eigenvalue weighted by molar-refractivity contribution is 5.75. The zero-order valence-electron chi connectivity index (χ0n) is 41.5. The van der Waals surface area contributed by atoms with E-state index in [0.717, 1.165) is 48.0 Å². The van der Waals surface area contributed by atoms with E-state index in [1.807, 2.05) is 0 Å². The minimum atomic E-state index is 0.125. The van der Waals surface area contributed by atoms with Crippen LogP contribution in [-0.4, -0.2) is 123 Å². The van der Waals surface area contributed by atoms with E-state index in [9.17, 15) is 4.79 Å². The first-order chi connectivity index (χ1) is 30.2. The molecule has 8 aliphatic rings. The molecule has 4 aliphatic heterocycles. The molecule has 4 saturated heterocycles. The molecule has 4 heterocycles. The Bertz CT molecular complexity index is 1110. The zero-order valence-corrected chi connectivity index (χ0v) is 41.5. The van der Waals surface area contributed by atoms with Crippen molar-refractivity contribution >= 4 is 6.29 Å². The Morgan fingerprint density at radius 1 is 0.532 bits per heavy atom. The Morgan fingerprint density at radius 3 is 1.18 bits per heavy atom. The number of carbonyl (C=O) groups is 1. The van der Waals surface area contributed by atoms with Crippen molar-refractivity contribution in [1.82, 2.24) is 19.6 Å². The van der Waals surface area contributed by atoms with Crippen LogP contribution in [0.25, 0.3) is 0 Å². The number of rotatable bonds is 5. The molecule has 7 atom stereocenters. The van der Waals surface area contributed by atoms with E-state index in [-0.39, 0.29) is 18.4 Å². The molecule has 0 amide bonds. The maximum atomic E-state index is 11.1. The third-order valence-electron chi connectivity index (χ3n) is 15.8. The van der Waals surface area contributed by atoms with E-state index >= 15 is 0 Å². The predicted octanol–water partition coefficient (Wildman–Crippen LogP) is 12.5. The van der Waals surface area contributed by atoms with E-state index in [1.54, 1.807) is 0 Å². The molecule has 7 heteroatoms. The molecule has 8 rings (SSSR count). The number of aldehydes is 1. The normalized spacial score (nSPS) is 31.0. The van der Waals surface area contributed by atoms with E-state index in [1.165, 1.54) is 219 Å². The number of aliphatic hydroxyl groups excluding tert-OH is 2. The fraction of sp³-hybridized carbons (Fsp3) is 0.891. The van der Waals surface area contributed by atoms with Crippen LogP contribution < -0.4 is 0 Å². The molecule has 2 N–H and O–H groups in total. The second kappa shape index (κ2) is 33.9. The molecule has 4 saturated carbocycles. The van der Waals surface area contributed by atoms with Crippen LogP contribution in [0.3, 0.4) is 0 Å². The van der Waals surface area contributed by atoms with Gasteiger partial charge >= 0.3 is 0 Å². The van der Waals surface area contributed by atoms with Crippen molar-refractivity contribution in [2.45, 2.75) is 199 Å². The van der Waals surface area contributed by atoms with E-state index in [2.05, 4.69) is 66.7 Å². The Hall–Kier alpha value is -1.47. The monoisotopic (exact) mass is 867 g/mol. The fourth-order valence-corrected chi connectivity index (χ4v) is 12.3. The minimum Gasteiger partial charge on any atom is -0.513 e. The lowest BCUT2D eigenvalue weighted by molar-refractivity contribution is -0.105. The maximum absolute atomic E-state index is 11.1. The maximum Gasteiger partial charge on any atom is 0.155 e. The van der Waals surface area contributed by atoms with Crippen LogP contribution in [0.15, 0.2) is 30.2 Å². The highest BCUT2D eigenvalue weighted by atomic mass is 16.3. The average Bonchev–Trinajstić information content (AvgIpc) is 3.99. The molecule has 62 heavy (non-hydrogen) atoms. The van der Waals surface area contributed by atoms with Gasteiger partial charge in [0.25, 0.3) is 0 Å². The molecule has 0 aromatic rings. The fourth-order valence-electron chi connectivity index (χ4n) is 12.3. The SMILES string of the molecule is C1CCCCCCC1.C=C(O)CCCO.C=C=C(C=O)C1C2CCCCCCC2CN1C.CN1CC2CCCCCCC2C1.CN1CC2CCCCCCC2C1.CN1CCCC1. The molecule has 4 aliphatic carbocycles. The van der Waals surface area contributed by atoms with Gasteiger partial charge in [-0.3, -0.25) is 9.69 Å². The summed E-state index contributed by atoms with van der Waals surface area (Å²) in [5, 5.41) is 16.5. The molecular formula is C55H102N4O3. The summed E-state index contributed by atoms with van der Waals surface area (Å²) in [6, 6.07) is 0.271. The van der Waals surface area contributed by atoms with Gasteiger partial charge in [0, 0.05) is 51.8 Å². The van der Waals surface area contributed by atoms with Gasteiger partial charge in [-0.1, -0.05) is 142 Å². The Balaban J connectivity index is 0.000000206. The molecule has 7 nitrogen and oxygen atoms in total. The summed E-state index contributed by atoms with van der Waals surface area (Å²) in [5.41, 5.74) is 3.61. The van der Waals surface area contributed by atoms with Gasteiger partial charge < -0.3 is 24.9 Å². The first-order valence-electron chi connectivity index (χ1n) is 26.7. The van der Waals surface area contributed by atoms with Gasteiger partial charge in [-0.25, -0.2) is 0 Å². The largest absolute Gasteiger partial charge is 0.513 e. The van der Waals surface area contributed by atoms with Gasteiger partial charge in [0.1, 0.15) is 0 Å². The Morgan fingerprint density at radius 2 is 0.887 bits per heavy atom.